The van der Waals surface area contributed by atoms with Gasteiger partial charge in [-0.3, -0.25) is 0 Å². The topological polar surface area (TPSA) is 41.9 Å². The van der Waals surface area contributed by atoms with E-state index >= 15 is 0 Å². The smallest absolute Gasteiger partial charge is 0.142 e. The van der Waals surface area contributed by atoms with Gasteiger partial charge in [0.1, 0.15) is 12.4 Å². The molecule has 4 nitrogen and oxygen atoms in total. The molecule has 1 aliphatic rings. The first kappa shape index (κ1) is 15.5. The van der Waals surface area contributed by atoms with Gasteiger partial charge in [-0.25, -0.2) is 0 Å². The number of nitrogens with zero attached hydrogens (tertiary/aromatic N) is 1. The van der Waals surface area contributed by atoms with Gasteiger partial charge in [-0.1, -0.05) is 6.07 Å². The fourth-order valence-electron chi connectivity index (χ4n) is 2.28. The van der Waals surface area contributed by atoms with Crippen molar-refractivity contribution in [3.05, 3.63) is 23.8 Å². The van der Waals surface area contributed by atoms with Crippen molar-refractivity contribution in [3.8, 4) is 5.75 Å². The SMILES string of the molecule is OCc1ccc2c(c1)N(CCCOCCCS)CCO2. The minimum absolute atomic E-state index is 0.0635. The summed E-state index contributed by atoms with van der Waals surface area (Å²) in [4.78, 5) is 2.31. The molecule has 1 aromatic rings. The summed E-state index contributed by atoms with van der Waals surface area (Å²) in [7, 11) is 0. The van der Waals surface area contributed by atoms with Gasteiger partial charge < -0.3 is 19.5 Å². The Hall–Kier alpha value is -0.910. The van der Waals surface area contributed by atoms with Crippen molar-refractivity contribution >= 4 is 18.3 Å². The number of hydrogen-bond donors (Lipinski definition) is 2. The van der Waals surface area contributed by atoms with Crippen LogP contribution in [0.1, 0.15) is 18.4 Å². The van der Waals surface area contributed by atoms with Crippen molar-refractivity contribution in [1.29, 1.82) is 0 Å². The molecule has 0 radical (unpaired) electrons. The minimum atomic E-state index is 0.0635. The van der Waals surface area contributed by atoms with Gasteiger partial charge in [0.2, 0.25) is 0 Å². The van der Waals surface area contributed by atoms with Crippen LogP contribution in [0.2, 0.25) is 0 Å². The third-order valence-electron chi connectivity index (χ3n) is 3.33. The Morgan fingerprint density at radius 1 is 1.30 bits per heavy atom. The van der Waals surface area contributed by atoms with E-state index in [1.54, 1.807) is 0 Å². The first-order valence-corrected chi connectivity index (χ1v) is 7.78. The maximum atomic E-state index is 9.24. The third-order valence-corrected chi connectivity index (χ3v) is 3.65. The lowest BCUT2D eigenvalue weighted by atomic mass is 10.1. The van der Waals surface area contributed by atoms with Gasteiger partial charge in [0.25, 0.3) is 0 Å². The number of ether oxygens (including phenoxy) is 2. The van der Waals surface area contributed by atoms with Gasteiger partial charge in [-0.05, 0) is 36.3 Å². The number of aliphatic hydroxyl groups is 1. The molecule has 112 valence electrons. The van der Waals surface area contributed by atoms with E-state index in [4.69, 9.17) is 9.47 Å². The monoisotopic (exact) mass is 297 g/mol. The number of thiol groups is 1. The molecule has 0 aliphatic carbocycles. The number of hydrogen-bond acceptors (Lipinski definition) is 5. The summed E-state index contributed by atoms with van der Waals surface area (Å²) in [6.45, 7) is 4.18. The van der Waals surface area contributed by atoms with Crippen LogP contribution in [0.25, 0.3) is 0 Å². The number of aliphatic hydroxyl groups excluding tert-OH is 1. The number of rotatable bonds is 8. The predicted octanol–water partition coefficient (Wildman–Crippen LogP) is 2.10. The van der Waals surface area contributed by atoms with Gasteiger partial charge in [0.15, 0.2) is 0 Å². The Morgan fingerprint density at radius 3 is 2.95 bits per heavy atom. The highest BCUT2D eigenvalue weighted by Gasteiger charge is 2.17. The van der Waals surface area contributed by atoms with E-state index in [1.807, 2.05) is 18.2 Å². The van der Waals surface area contributed by atoms with E-state index in [1.165, 1.54) is 0 Å². The van der Waals surface area contributed by atoms with Crippen LogP contribution < -0.4 is 9.64 Å². The zero-order valence-electron chi connectivity index (χ0n) is 11.8. The summed E-state index contributed by atoms with van der Waals surface area (Å²) in [5, 5.41) is 9.24. The molecule has 0 amide bonds. The molecular weight excluding hydrogens is 274 g/mol. The standard InChI is InChI=1S/C15H23NO3S/c17-12-13-3-4-15-14(11-13)16(6-9-19-15)5-1-7-18-8-2-10-20/h3-4,11,17,20H,1-2,5-10,12H2. The highest BCUT2D eigenvalue weighted by molar-refractivity contribution is 7.80. The fourth-order valence-corrected chi connectivity index (χ4v) is 2.40. The van der Waals surface area contributed by atoms with Crippen LogP contribution in [0, 0.1) is 0 Å². The van der Waals surface area contributed by atoms with Gasteiger partial charge in [0, 0.05) is 19.8 Å². The highest BCUT2D eigenvalue weighted by atomic mass is 32.1. The molecule has 0 aromatic heterocycles. The zero-order chi connectivity index (χ0) is 14.2. The molecule has 0 spiro atoms. The molecule has 1 aliphatic heterocycles. The minimum Gasteiger partial charge on any atom is -0.490 e. The molecule has 20 heavy (non-hydrogen) atoms. The molecule has 0 atom stereocenters. The van der Waals surface area contributed by atoms with Gasteiger partial charge in [-0.2, -0.15) is 12.6 Å². The maximum absolute atomic E-state index is 9.24. The average molecular weight is 297 g/mol. The number of fused-ring (bicyclic) bond motifs is 1. The first-order valence-electron chi connectivity index (χ1n) is 7.15. The Labute approximate surface area is 126 Å². The molecular formula is C15H23NO3S. The summed E-state index contributed by atoms with van der Waals surface area (Å²) in [5.41, 5.74) is 2.00. The molecule has 1 N–H and O–H groups in total. The van der Waals surface area contributed by atoms with Crippen molar-refractivity contribution in [1.82, 2.24) is 0 Å². The molecule has 0 saturated carbocycles. The van der Waals surface area contributed by atoms with Gasteiger partial charge in [0.05, 0.1) is 18.8 Å². The number of anilines is 1. The quantitative estimate of drug-likeness (QED) is 0.570. The summed E-state index contributed by atoms with van der Waals surface area (Å²) < 4.78 is 11.2. The molecule has 0 bridgehead atoms. The lowest BCUT2D eigenvalue weighted by molar-refractivity contribution is 0.133. The van der Waals surface area contributed by atoms with E-state index in [2.05, 4.69) is 17.5 Å². The van der Waals surface area contributed by atoms with E-state index in [9.17, 15) is 5.11 Å². The van der Waals surface area contributed by atoms with E-state index in [-0.39, 0.29) is 6.61 Å². The Bertz CT molecular complexity index is 414. The van der Waals surface area contributed by atoms with Crippen molar-refractivity contribution < 1.29 is 14.6 Å². The molecule has 1 aromatic carbocycles. The van der Waals surface area contributed by atoms with Crippen LogP contribution in [-0.2, 0) is 11.3 Å². The predicted molar refractivity (Wildman–Crippen MR) is 84.0 cm³/mol. The average Bonchev–Trinajstić information content (AvgIpc) is 2.50. The lowest BCUT2D eigenvalue weighted by Crippen LogP contribution is -2.34. The van der Waals surface area contributed by atoms with Crippen LogP contribution in [0.4, 0.5) is 5.69 Å². The third kappa shape index (κ3) is 4.30. The Balaban J connectivity index is 1.84. The normalized spacial score (nSPS) is 14.0. The van der Waals surface area contributed by atoms with E-state index in [0.717, 1.165) is 61.9 Å². The largest absolute Gasteiger partial charge is 0.490 e. The molecule has 2 rings (SSSR count). The van der Waals surface area contributed by atoms with Crippen molar-refractivity contribution in [2.45, 2.75) is 19.4 Å². The summed E-state index contributed by atoms with van der Waals surface area (Å²) in [6, 6.07) is 5.86. The first-order chi connectivity index (χ1) is 9.85. The maximum Gasteiger partial charge on any atom is 0.142 e. The summed E-state index contributed by atoms with van der Waals surface area (Å²) in [6.07, 6.45) is 2.00. The van der Waals surface area contributed by atoms with E-state index < -0.39 is 0 Å². The second-order valence-corrected chi connectivity index (χ2v) is 5.29. The van der Waals surface area contributed by atoms with Crippen molar-refractivity contribution in [2.24, 2.45) is 0 Å². The zero-order valence-corrected chi connectivity index (χ0v) is 12.6. The van der Waals surface area contributed by atoms with Crippen molar-refractivity contribution in [3.63, 3.8) is 0 Å². The van der Waals surface area contributed by atoms with Gasteiger partial charge in [-0.15, -0.1) is 0 Å². The highest BCUT2D eigenvalue weighted by Crippen LogP contribution is 2.32. The molecule has 5 heteroatoms. The van der Waals surface area contributed by atoms with Crippen LogP contribution in [0.5, 0.6) is 5.75 Å². The Kier molecular flexibility index (Phi) is 6.50. The lowest BCUT2D eigenvalue weighted by Gasteiger charge is -2.31. The molecule has 0 saturated heterocycles. The second kappa shape index (κ2) is 8.39. The van der Waals surface area contributed by atoms with Crippen LogP contribution in [-0.4, -0.2) is 43.8 Å². The van der Waals surface area contributed by atoms with Gasteiger partial charge >= 0.3 is 0 Å². The van der Waals surface area contributed by atoms with Crippen LogP contribution in [0.15, 0.2) is 18.2 Å². The van der Waals surface area contributed by atoms with Crippen molar-refractivity contribution in [2.75, 3.05) is 43.6 Å². The fraction of sp³-hybridized carbons (Fsp3) is 0.600. The second-order valence-electron chi connectivity index (χ2n) is 4.84. The van der Waals surface area contributed by atoms with Crippen LogP contribution in [0.3, 0.4) is 0 Å². The molecule has 0 unspecified atom stereocenters. The molecule has 0 fully saturated rings. The van der Waals surface area contributed by atoms with Crippen LogP contribution >= 0.6 is 12.6 Å². The summed E-state index contributed by atoms with van der Waals surface area (Å²) in [5.74, 6) is 1.78. The number of benzene rings is 1. The molecule has 1 heterocycles. The summed E-state index contributed by atoms with van der Waals surface area (Å²) >= 11 is 4.16. The Morgan fingerprint density at radius 2 is 2.15 bits per heavy atom. The van der Waals surface area contributed by atoms with E-state index in [0.29, 0.717) is 6.61 Å².